The van der Waals surface area contributed by atoms with Crippen LogP contribution in [0.1, 0.15) is 54.5 Å². The molecule has 0 aliphatic carbocycles. The lowest BCUT2D eigenvalue weighted by Gasteiger charge is -2.26. The van der Waals surface area contributed by atoms with E-state index in [1.54, 1.807) is 36.4 Å². The standard InChI is InChI=1S/C38H41N3O5/c1-26(2)23-32(41-37(45)34(29-19-11-5-12-20-29)30-21-13-6-14-22-30)36(44)40-31(24-27-15-7-3-8-16-27)35(43)38(46)39-25-33(42)28-17-9-4-10-18-28/h3-22,26,31-34,42H,23-25H2,1-2H3,(H,39,46)(H,40,44)(H,41,45)/t31-,32-,33?/m0/s1. The minimum atomic E-state index is -1.20. The van der Waals surface area contributed by atoms with E-state index < -0.39 is 41.7 Å². The van der Waals surface area contributed by atoms with Crippen molar-refractivity contribution in [3.8, 4) is 0 Å². The summed E-state index contributed by atoms with van der Waals surface area (Å²) in [4.78, 5) is 54.2. The Kier molecular flexibility index (Phi) is 12.4. The smallest absolute Gasteiger partial charge is 0.289 e. The lowest BCUT2D eigenvalue weighted by molar-refractivity contribution is -0.140. The molecule has 8 nitrogen and oxygen atoms in total. The number of nitrogens with one attached hydrogen (secondary N) is 3. The Balaban J connectivity index is 1.53. The molecular formula is C38H41N3O5. The Hall–Kier alpha value is -5.08. The Labute approximate surface area is 270 Å². The van der Waals surface area contributed by atoms with Crippen LogP contribution in [0.3, 0.4) is 0 Å². The summed E-state index contributed by atoms with van der Waals surface area (Å²) >= 11 is 0. The van der Waals surface area contributed by atoms with Gasteiger partial charge in [0.15, 0.2) is 0 Å². The van der Waals surface area contributed by atoms with E-state index in [0.717, 1.165) is 16.7 Å². The van der Waals surface area contributed by atoms with E-state index in [2.05, 4.69) is 16.0 Å². The fraction of sp³-hybridized carbons (Fsp3) is 0.263. The number of hydrogen-bond acceptors (Lipinski definition) is 5. The van der Waals surface area contributed by atoms with Gasteiger partial charge in [0.25, 0.3) is 5.91 Å². The summed E-state index contributed by atoms with van der Waals surface area (Å²) < 4.78 is 0. The van der Waals surface area contributed by atoms with Crippen molar-refractivity contribution < 1.29 is 24.3 Å². The Morgan fingerprint density at radius 1 is 0.609 bits per heavy atom. The number of aliphatic hydroxyl groups is 1. The van der Waals surface area contributed by atoms with E-state index >= 15 is 0 Å². The van der Waals surface area contributed by atoms with Gasteiger partial charge >= 0.3 is 0 Å². The SMILES string of the molecule is CC(C)C[C@H](NC(=O)C(c1ccccc1)c1ccccc1)C(=O)N[C@@H](Cc1ccccc1)C(=O)C(=O)NCC(O)c1ccccc1. The van der Waals surface area contributed by atoms with Crippen molar-refractivity contribution in [1.82, 2.24) is 16.0 Å². The first kappa shape index (κ1) is 33.8. The summed E-state index contributed by atoms with van der Waals surface area (Å²) in [5, 5.41) is 18.7. The Morgan fingerprint density at radius 3 is 1.57 bits per heavy atom. The second-order valence-electron chi connectivity index (χ2n) is 11.7. The van der Waals surface area contributed by atoms with Crippen molar-refractivity contribution in [3.63, 3.8) is 0 Å². The monoisotopic (exact) mass is 619 g/mol. The van der Waals surface area contributed by atoms with Crippen LogP contribution in [0.5, 0.6) is 0 Å². The average Bonchev–Trinajstić information content (AvgIpc) is 3.07. The molecule has 0 aliphatic rings. The molecule has 0 saturated heterocycles. The third-order valence-corrected chi connectivity index (χ3v) is 7.65. The molecule has 0 aromatic heterocycles. The molecule has 3 amide bonds. The fourth-order valence-corrected chi connectivity index (χ4v) is 5.30. The Morgan fingerprint density at radius 2 is 1.07 bits per heavy atom. The second-order valence-corrected chi connectivity index (χ2v) is 11.7. The van der Waals surface area contributed by atoms with Gasteiger partial charge < -0.3 is 21.1 Å². The van der Waals surface area contributed by atoms with Crippen molar-refractivity contribution in [3.05, 3.63) is 144 Å². The van der Waals surface area contributed by atoms with Gasteiger partial charge in [0, 0.05) is 13.0 Å². The zero-order valence-electron chi connectivity index (χ0n) is 26.1. The van der Waals surface area contributed by atoms with Crippen LogP contribution in [0.25, 0.3) is 0 Å². The van der Waals surface area contributed by atoms with Crippen molar-refractivity contribution >= 4 is 23.5 Å². The van der Waals surface area contributed by atoms with Gasteiger partial charge in [-0.15, -0.1) is 0 Å². The number of amides is 3. The molecule has 238 valence electrons. The van der Waals surface area contributed by atoms with Crippen molar-refractivity contribution in [2.75, 3.05) is 6.54 Å². The van der Waals surface area contributed by atoms with E-state index in [4.69, 9.17) is 0 Å². The molecule has 8 heteroatoms. The zero-order chi connectivity index (χ0) is 32.9. The van der Waals surface area contributed by atoms with Crippen LogP contribution in [0, 0.1) is 5.92 Å². The predicted molar refractivity (Wildman–Crippen MR) is 178 cm³/mol. The molecule has 0 bridgehead atoms. The number of aliphatic hydroxyl groups excluding tert-OH is 1. The molecule has 1 unspecified atom stereocenters. The molecule has 4 N–H and O–H groups in total. The summed E-state index contributed by atoms with van der Waals surface area (Å²) in [5.74, 6) is -3.31. The van der Waals surface area contributed by atoms with Crippen LogP contribution in [-0.4, -0.2) is 47.2 Å². The molecule has 4 aromatic carbocycles. The van der Waals surface area contributed by atoms with Gasteiger partial charge in [-0.3, -0.25) is 19.2 Å². The van der Waals surface area contributed by atoms with Gasteiger partial charge in [0.2, 0.25) is 17.6 Å². The first-order valence-corrected chi connectivity index (χ1v) is 15.5. The topological polar surface area (TPSA) is 125 Å². The van der Waals surface area contributed by atoms with Crippen LogP contribution in [0.4, 0.5) is 0 Å². The molecule has 3 atom stereocenters. The van der Waals surface area contributed by atoms with Crippen molar-refractivity contribution in [2.24, 2.45) is 5.92 Å². The van der Waals surface area contributed by atoms with E-state index in [9.17, 15) is 24.3 Å². The van der Waals surface area contributed by atoms with Crippen LogP contribution >= 0.6 is 0 Å². The highest BCUT2D eigenvalue weighted by Gasteiger charge is 2.33. The predicted octanol–water partition coefficient (Wildman–Crippen LogP) is 4.50. The molecule has 4 aromatic rings. The number of rotatable bonds is 15. The summed E-state index contributed by atoms with van der Waals surface area (Å²) in [6, 6.07) is 34.4. The quantitative estimate of drug-likeness (QED) is 0.146. The maximum Gasteiger partial charge on any atom is 0.289 e. The number of Topliss-reactive ketones (excluding diaryl/α,β-unsaturated/α-hetero) is 1. The summed E-state index contributed by atoms with van der Waals surface area (Å²) in [6.45, 7) is 3.71. The lowest BCUT2D eigenvalue weighted by Crippen LogP contribution is -2.55. The van der Waals surface area contributed by atoms with Gasteiger partial charge in [0.05, 0.1) is 12.0 Å². The number of carbonyl (C=O) groups excluding carboxylic acids is 4. The molecule has 0 heterocycles. The van der Waals surface area contributed by atoms with E-state index in [1.807, 2.05) is 98.8 Å². The van der Waals surface area contributed by atoms with Crippen molar-refractivity contribution in [1.29, 1.82) is 0 Å². The van der Waals surface area contributed by atoms with Gasteiger partial charge in [-0.25, -0.2) is 0 Å². The number of hydrogen-bond donors (Lipinski definition) is 4. The number of ketones is 1. The molecule has 0 spiro atoms. The fourth-order valence-electron chi connectivity index (χ4n) is 5.30. The molecular weight excluding hydrogens is 578 g/mol. The Bertz CT molecular complexity index is 1520. The highest BCUT2D eigenvalue weighted by atomic mass is 16.3. The number of carbonyl (C=O) groups is 4. The maximum atomic E-state index is 13.9. The summed E-state index contributed by atoms with van der Waals surface area (Å²) in [5.41, 5.74) is 2.90. The molecule has 0 radical (unpaired) electrons. The van der Waals surface area contributed by atoms with E-state index in [1.165, 1.54) is 0 Å². The highest BCUT2D eigenvalue weighted by Crippen LogP contribution is 2.25. The summed E-state index contributed by atoms with van der Waals surface area (Å²) in [7, 11) is 0. The van der Waals surface area contributed by atoms with E-state index in [0.29, 0.717) is 12.0 Å². The van der Waals surface area contributed by atoms with Crippen molar-refractivity contribution in [2.45, 2.75) is 50.8 Å². The first-order chi connectivity index (χ1) is 22.2. The largest absolute Gasteiger partial charge is 0.387 e. The molecule has 4 rings (SSSR count). The van der Waals surface area contributed by atoms with Gasteiger partial charge in [-0.2, -0.15) is 0 Å². The minimum Gasteiger partial charge on any atom is -0.387 e. The van der Waals surface area contributed by atoms with Crippen LogP contribution in [0.15, 0.2) is 121 Å². The second kappa shape index (κ2) is 16.8. The number of benzene rings is 4. The van der Waals surface area contributed by atoms with Crippen LogP contribution < -0.4 is 16.0 Å². The highest BCUT2D eigenvalue weighted by molar-refractivity contribution is 6.38. The zero-order valence-corrected chi connectivity index (χ0v) is 26.1. The average molecular weight is 620 g/mol. The first-order valence-electron chi connectivity index (χ1n) is 15.5. The molecule has 0 fully saturated rings. The minimum absolute atomic E-state index is 0.0361. The lowest BCUT2D eigenvalue weighted by atomic mass is 9.90. The maximum absolute atomic E-state index is 13.9. The summed E-state index contributed by atoms with van der Waals surface area (Å²) in [6.07, 6.45) is -0.623. The molecule has 46 heavy (non-hydrogen) atoms. The van der Waals surface area contributed by atoms with E-state index in [-0.39, 0.29) is 24.8 Å². The van der Waals surface area contributed by atoms with Gasteiger partial charge in [-0.05, 0) is 34.6 Å². The van der Waals surface area contributed by atoms with Crippen LogP contribution in [0.2, 0.25) is 0 Å². The van der Waals surface area contributed by atoms with Gasteiger partial charge in [-0.1, -0.05) is 135 Å². The third kappa shape index (κ3) is 9.71. The normalized spacial score (nSPS) is 13.0. The van der Waals surface area contributed by atoms with Crippen LogP contribution in [-0.2, 0) is 25.6 Å². The third-order valence-electron chi connectivity index (χ3n) is 7.65. The molecule has 0 aliphatic heterocycles. The molecule has 0 saturated carbocycles. The van der Waals surface area contributed by atoms with Gasteiger partial charge in [0.1, 0.15) is 12.1 Å².